The zero-order valence-corrected chi connectivity index (χ0v) is 13.4. The summed E-state index contributed by atoms with van der Waals surface area (Å²) in [5.74, 6) is -2.46. The van der Waals surface area contributed by atoms with Crippen molar-refractivity contribution in [3.8, 4) is 0 Å². The minimum atomic E-state index is -4.31. The van der Waals surface area contributed by atoms with E-state index in [2.05, 4.69) is 0 Å². The van der Waals surface area contributed by atoms with Crippen LogP contribution in [-0.4, -0.2) is 45.6 Å². The lowest BCUT2D eigenvalue weighted by Crippen LogP contribution is -2.46. The third-order valence-corrected chi connectivity index (χ3v) is 4.32. The maximum Gasteiger partial charge on any atom is 0.393 e. The second kappa shape index (κ2) is 6.42. The van der Waals surface area contributed by atoms with Gasteiger partial charge >= 0.3 is 11.9 Å². The molecule has 1 aromatic heterocycles. The van der Waals surface area contributed by atoms with Gasteiger partial charge in [-0.1, -0.05) is 0 Å². The molecule has 10 heteroatoms. The van der Waals surface area contributed by atoms with Crippen molar-refractivity contribution in [3.63, 3.8) is 0 Å². The van der Waals surface area contributed by atoms with E-state index >= 15 is 0 Å². The number of nitrogens with zero attached hydrogens (tertiary/aromatic N) is 3. The molecule has 1 fully saturated rings. The van der Waals surface area contributed by atoms with Crippen molar-refractivity contribution in [1.29, 1.82) is 0 Å². The van der Waals surface area contributed by atoms with Gasteiger partial charge in [-0.15, -0.1) is 0 Å². The molecule has 0 saturated carbocycles. The number of nitrogens with two attached hydrogens (primary N) is 1. The predicted molar refractivity (Wildman–Crippen MR) is 80.9 cm³/mol. The maximum atomic E-state index is 12.8. The van der Waals surface area contributed by atoms with Crippen LogP contribution in [0.3, 0.4) is 0 Å². The summed E-state index contributed by atoms with van der Waals surface area (Å²) >= 11 is 0. The van der Waals surface area contributed by atoms with E-state index in [1.54, 1.807) is 0 Å². The van der Waals surface area contributed by atoms with Gasteiger partial charge in [-0.3, -0.25) is 23.6 Å². The molecule has 7 nitrogen and oxygen atoms in total. The van der Waals surface area contributed by atoms with Gasteiger partial charge in [0.1, 0.15) is 11.4 Å². The van der Waals surface area contributed by atoms with Crippen LogP contribution in [0.15, 0.2) is 9.59 Å². The monoisotopic (exact) mass is 348 g/mol. The zero-order chi connectivity index (χ0) is 18.2. The number of hydrogen-bond acceptors (Lipinski definition) is 5. The number of likely N-dealkylation sites (tertiary alicyclic amines) is 1. The maximum absolute atomic E-state index is 12.8. The van der Waals surface area contributed by atoms with Gasteiger partial charge < -0.3 is 5.73 Å². The smallest absolute Gasteiger partial charge is 0.384 e. The number of Topliss-reactive ketones (excluding diaryl/α,β-unsaturated/α-hetero) is 1. The van der Waals surface area contributed by atoms with Crippen LogP contribution < -0.4 is 17.0 Å². The van der Waals surface area contributed by atoms with Crippen molar-refractivity contribution in [3.05, 3.63) is 26.4 Å². The van der Waals surface area contributed by atoms with Crippen molar-refractivity contribution in [2.75, 3.05) is 25.4 Å². The number of aromatic nitrogens is 2. The molecule has 1 aliphatic heterocycles. The molecule has 0 spiro atoms. The van der Waals surface area contributed by atoms with E-state index in [1.165, 1.54) is 19.0 Å². The summed E-state index contributed by atoms with van der Waals surface area (Å²) in [5.41, 5.74) is 3.80. The topological polar surface area (TPSA) is 90.3 Å². The molecule has 1 aromatic rings. The van der Waals surface area contributed by atoms with E-state index in [9.17, 15) is 27.6 Å². The number of alkyl halides is 3. The number of nitrogen functional groups attached to an aromatic ring is 1. The van der Waals surface area contributed by atoms with E-state index in [4.69, 9.17) is 5.73 Å². The van der Waals surface area contributed by atoms with Crippen LogP contribution >= 0.6 is 0 Å². The van der Waals surface area contributed by atoms with E-state index in [0.29, 0.717) is 13.0 Å². The van der Waals surface area contributed by atoms with Crippen LogP contribution in [0, 0.1) is 5.92 Å². The molecular formula is C14H19F3N4O3. The van der Waals surface area contributed by atoms with Crippen LogP contribution in [0.4, 0.5) is 19.0 Å². The standard InChI is InChI=1S/C14H19F3N4O3/c1-19-11(18)10(12(23)20(2)13(19)24)9(22)7-21-5-3-4-8(6-21)14(15,16)17/h8H,3-7,18H2,1-2H3. The van der Waals surface area contributed by atoms with Gasteiger partial charge in [0.15, 0.2) is 5.78 Å². The van der Waals surface area contributed by atoms with Crippen LogP contribution in [-0.2, 0) is 14.1 Å². The summed E-state index contributed by atoms with van der Waals surface area (Å²) in [5, 5.41) is 0. The molecular weight excluding hydrogens is 329 g/mol. The molecule has 0 radical (unpaired) electrons. The Balaban J connectivity index is 2.25. The summed E-state index contributed by atoms with van der Waals surface area (Å²) in [6.07, 6.45) is -3.97. The highest BCUT2D eigenvalue weighted by molar-refractivity contribution is 6.01. The molecule has 0 bridgehead atoms. The number of hydrogen-bond donors (Lipinski definition) is 1. The highest BCUT2D eigenvalue weighted by atomic mass is 19.4. The summed E-state index contributed by atoms with van der Waals surface area (Å²) in [6, 6.07) is 0. The van der Waals surface area contributed by atoms with Gasteiger partial charge in [0.25, 0.3) is 5.56 Å². The lowest BCUT2D eigenvalue weighted by atomic mass is 9.97. The van der Waals surface area contributed by atoms with Crippen molar-refractivity contribution in [2.24, 2.45) is 20.0 Å². The van der Waals surface area contributed by atoms with Gasteiger partial charge in [-0.05, 0) is 19.4 Å². The fraction of sp³-hybridized carbons (Fsp3) is 0.643. The number of carbonyl (C=O) groups is 1. The van der Waals surface area contributed by atoms with Crippen LogP contribution in [0.5, 0.6) is 0 Å². The zero-order valence-electron chi connectivity index (χ0n) is 13.4. The summed E-state index contributed by atoms with van der Waals surface area (Å²) in [7, 11) is 2.52. The average Bonchev–Trinajstić information content (AvgIpc) is 2.50. The van der Waals surface area contributed by atoms with E-state index in [1.807, 2.05) is 0 Å². The lowest BCUT2D eigenvalue weighted by molar-refractivity contribution is -0.186. The Morgan fingerprint density at radius 3 is 2.46 bits per heavy atom. The SMILES string of the molecule is Cn1c(N)c(C(=O)CN2CCCC(C(F)(F)F)C2)c(=O)n(C)c1=O. The Hall–Kier alpha value is -2.10. The number of anilines is 1. The number of halogens is 3. The molecule has 2 rings (SSSR count). The highest BCUT2D eigenvalue weighted by Gasteiger charge is 2.42. The Morgan fingerprint density at radius 2 is 1.88 bits per heavy atom. The first kappa shape index (κ1) is 18.2. The van der Waals surface area contributed by atoms with Gasteiger partial charge in [0, 0.05) is 20.6 Å². The number of ketones is 1. The van der Waals surface area contributed by atoms with Gasteiger partial charge in [0.05, 0.1) is 12.5 Å². The molecule has 134 valence electrons. The third-order valence-electron chi connectivity index (χ3n) is 4.32. The van der Waals surface area contributed by atoms with Gasteiger partial charge in [-0.25, -0.2) is 4.79 Å². The molecule has 2 heterocycles. The fourth-order valence-corrected chi connectivity index (χ4v) is 2.87. The molecule has 0 amide bonds. The van der Waals surface area contributed by atoms with E-state index < -0.39 is 29.1 Å². The molecule has 1 saturated heterocycles. The van der Waals surface area contributed by atoms with Crippen LogP contribution in [0.25, 0.3) is 0 Å². The first-order valence-corrected chi connectivity index (χ1v) is 7.41. The Bertz CT molecular complexity index is 766. The van der Waals surface area contributed by atoms with Crippen LogP contribution in [0.2, 0.25) is 0 Å². The lowest BCUT2D eigenvalue weighted by Gasteiger charge is -2.33. The van der Waals surface area contributed by atoms with Crippen molar-refractivity contribution >= 4 is 11.6 Å². The normalized spacial score (nSPS) is 19.5. The molecule has 2 N–H and O–H groups in total. The fourth-order valence-electron chi connectivity index (χ4n) is 2.87. The summed E-state index contributed by atoms with van der Waals surface area (Å²) in [4.78, 5) is 37.6. The Labute approximate surface area is 135 Å². The van der Waals surface area contributed by atoms with Crippen molar-refractivity contribution < 1.29 is 18.0 Å². The first-order valence-electron chi connectivity index (χ1n) is 7.41. The highest BCUT2D eigenvalue weighted by Crippen LogP contribution is 2.33. The Morgan fingerprint density at radius 1 is 1.25 bits per heavy atom. The van der Waals surface area contributed by atoms with E-state index in [0.717, 1.165) is 9.13 Å². The number of carbonyl (C=O) groups excluding carboxylic acids is 1. The Kier molecular flexibility index (Phi) is 4.88. The van der Waals surface area contributed by atoms with Gasteiger partial charge in [0.2, 0.25) is 0 Å². The summed E-state index contributed by atoms with van der Waals surface area (Å²) in [6.45, 7) is -0.296. The van der Waals surface area contributed by atoms with Gasteiger partial charge in [-0.2, -0.15) is 13.2 Å². The molecule has 24 heavy (non-hydrogen) atoms. The number of rotatable bonds is 3. The molecule has 1 atom stereocenters. The average molecular weight is 348 g/mol. The second-order valence-corrected chi connectivity index (χ2v) is 6.01. The van der Waals surface area contributed by atoms with Crippen molar-refractivity contribution in [1.82, 2.24) is 14.0 Å². The molecule has 0 aromatic carbocycles. The number of piperidine rings is 1. The molecule has 1 aliphatic rings. The van der Waals surface area contributed by atoms with Crippen LogP contribution in [0.1, 0.15) is 23.2 Å². The quantitative estimate of drug-likeness (QED) is 0.784. The minimum Gasteiger partial charge on any atom is -0.384 e. The minimum absolute atomic E-state index is 0.0257. The van der Waals surface area contributed by atoms with Crippen molar-refractivity contribution in [2.45, 2.75) is 19.0 Å². The predicted octanol–water partition coefficient (Wildman–Crippen LogP) is 0.123. The second-order valence-electron chi connectivity index (χ2n) is 6.01. The summed E-state index contributed by atoms with van der Waals surface area (Å²) < 4.78 is 40.2. The molecule has 1 unspecified atom stereocenters. The largest absolute Gasteiger partial charge is 0.393 e. The third kappa shape index (κ3) is 3.37. The molecule has 0 aliphatic carbocycles. The first-order chi connectivity index (χ1) is 11.0. The van der Waals surface area contributed by atoms with E-state index in [-0.39, 0.29) is 30.9 Å².